The zero-order valence-electron chi connectivity index (χ0n) is 13.9. The molecular formula is C18H13N5O2S2. The van der Waals surface area contributed by atoms with Gasteiger partial charge in [-0.15, -0.1) is 22.7 Å². The van der Waals surface area contributed by atoms with Crippen LogP contribution in [0.5, 0.6) is 0 Å². The molecule has 0 radical (unpaired) electrons. The second-order valence-electron chi connectivity index (χ2n) is 5.32. The first-order valence-corrected chi connectivity index (χ1v) is 9.70. The average molecular weight is 395 g/mol. The van der Waals surface area contributed by atoms with Crippen LogP contribution < -0.4 is 5.32 Å². The number of para-hydroxylation sites is 1. The number of nitrogens with one attached hydrogen (secondary N) is 1. The van der Waals surface area contributed by atoms with Crippen LogP contribution in [0.1, 0.15) is 16.2 Å². The molecular weight excluding hydrogens is 382 g/mol. The highest BCUT2D eigenvalue weighted by molar-refractivity contribution is 7.13. The van der Waals surface area contributed by atoms with Crippen molar-refractivity contribution in [2.45, 2.75) is 6.61 Å². The number of aromatic nitrogens is 4. The Morgan fingerprint density at radius 1 is 1.00 bits per heavy atom. The van der Waals surface area contributed by atoms with Crippen LogP contribution in [0.4, 0.5) is 10.8 Å². The van der Waals surface area contributed by atoms with E-state index in [-0.39, 0.29) is 12.3 Å². The second kappa shape index (κ2) is 8.02. The summed E-state index contributed by atoms with van der Waals surface area (Å²) in [6.07, 6.45) is 3.26. The molecule has 7 nitrogen and oxygen atoms in total. The number of carbonyl (C=O) groups excluding carboxylic acids is 1. The SMILES string of the molecule is O=C(OCc1csc(Nc2ccccc2)n1)c1csc(-c2ncccn2)n1. The fraction of sp³-hybridized carbons (Fsp3) is 0.0556. The van der Waals surface area contributed by atoms with Gasteiger partial charge in [-0.05, 0) is 18.2 Å². The lowest BCUT2D eigenvalue weighted by Gasteiger charge is -2.01. The number of thiazole rings is 2. The molecule has 0 aliphatic carbocycles. The van der Waals surface area contributed by atoms with Crippen LogP contribution in [-0.2, 0) is 11.3 Å². The maximum atomic E-state index is 12.2. The number of hydrogen-bond donors (Lipinski definition) is 1. The Bertz CT molecular complexity index is 1030. The highest BCUT2D eigenvalue weighted by atomic mass is 32.1. The number of carbonyl (C=O) groups is 1. The van der Waals surface area contributed by atoms with E-state index in [0.717, 1.165) is 10.8 Å². The molecule has 0 saturated heterocycles. The van der Waals surface area contributed by atoms with Gasteiger partial charge in [0.15, 0.2) is 21.7 Å². The van der Waals surface area contributed by atoms with E-state index in [0.29, 0.717) is 16.5 Å². The summed E-state index contributed by atoms with van der Waals surface area (Å²) in [5.74, 6) is -0.0170. The topological polar surface area (TPSA) is 89.9 Å². The summed E-state index contributed by atoms with van der Waals surface area (Å²) in [6, 6.07) is 11.5. The monoisotopic (exact) mass is 395 g/mol. The van der Waals surface area contributed by atoms with Gasteiger partial charge in [-0.1, -0.05) is 18.2 Å². The Morgan fingerprint density at radius 3 is 2.63 bits per heavy atom. The lowest BCUT2D eigenvalue weighted by atomic mass is 10.3. The number of anilines is 2. The molecule has 1 aromatic carbocycles. The van der Waals surface area contributed by atoms with Gasteiger partial charge in [0.25, 0.3) is 0 Å². The Morgan fingerprint density at radius 2 is 1.81 bits per heavy atom. The first kappa shape index (κ1) is 17.3. The van der Waals surface area contributed by atoms with Gasteiger partial charge in [0.1, 0.15) is 6.61 Å². The smallest absolute Gasteiger partial charge is 0.358 e. The van der Waals surface area contributed by atoms with E-state index in [1.54, 1.807) is 23.8 Å². The third kappa shape index (κ3) is 4.33. The first-order valence-electron chi connectivity index (χ1n) is 7.94. The molecule has 0 fully saturated rings. The Hall–Kier alpha value is -3.17. The minimum atomic E-state index is -0.501. The molecule has 0 atom stereocenters. The standard InChI is InChI=1S/C18H13N5O2S2/c24-17(14-11-26-16(23-14)15-19-7-4-8-20-15)25-9-13-10-27-18(22-13)21-12-5-2-1-3-6-12/h1-8,10-11H,9H2,(H,21,22). The maximum Gasteiger partial charge on any atom is 0.358 e. The van der Waals surface area contributed by atoms with Crippen LogP contribution >= 0.6 is 22.7 Å². The molecule has 3 aromatic heterocycles. The first-order chi connectivity index (χ1) is 13.3. The van der Waals surface area contributed by atoms with Crippen molar-refractivity contribution in [3.05, 3.63) is 70.9 Å². The lowest BCUT2D eigenvalue weighted by molar-refractivity contribution is 0.0462. The third-order valence-corrected chi connectivity index (χ3v) is 5.04. The number of ether oxygens (including phenoxy) is 1. The predicted octanol–water partition coefficient (Wildman–Crippen LogP) is 4.16. The Balaban J connectivity index is 1.35. The van der Waals surface area contributed by atoms with Crippen LogP contribution in [0.3, 0.4) is 0 Å². The molecule has 134 valence electrons. The highest BCUT2D eigenvalue weighted by Crippen LogP contribution is 2.22. The van der Waals surface area contributed by atoms with Crippen molar-refractivity contribution >= 4 is 39.5 Å². The van der Waals surface area contributed by atoms with Crippen LogP contribution in [-0.4, -0.2) is 25.9 Å². The quantitative estimate of drug-likeness (QED) is 0.490. The van der Waals surface area contributed by atoms with Gasteiger partial charge >= 0.3 is 5.97 Å². The van der Waals surface area contributed by atoms with Crippen molar-refractivity contribution in [2.24, 2.45) is 0 Å². The van der Waals surface area contributed by atoms with E-state index in [1.807, 2.05) is 35.7 Å². The molecule has 0 aliphatic rings. The molecule has 0 bridgehead atoms. The Kier molecular flexibility index (Phi) is 5.13. The van der Waals surface area contributed by atoms with Crippen molar-refractivity contribution < 1.29 is 9.53 Å². The molecule has 3 heterocycles. The molecule has 4 aromatic rings. The van der Waals surface area contributed by atoms with E-state index in [4.69, 9.17) is 4.74 Å². The fourth-order valence-corrected chi connectivity index (χ4v) is 3.62. The number of esters is 1. The summed E-state index contributed by atoms with van der Waals surface area (Å²) in [6.45, 7) is 0.0838. The summed E-state index contributed by atoms with van der Waals surface area (Å²) in [5.41, 5.74) is 1.86. The zero-order valence-corrected chi connectivity index (χ0v) is 15.5. The van der Waals surface area contributed by atoms with Gasteiger partial charge in [0.2, 0.25) is 0 Å². The van der Waals surface area contributed by atoms with Crippen LogP contribution in [0, 0.1) is 0 Å². The molecule has 1 N–H and O–H groups in total. The fourth-order valence-electron chi connectivity index (χ4n) is 2.17. The van der Waals surface area contributed by atoms with E-state index >= 15 is 0 Å². The second-order valence-corrected chi connectivity index (χ2v) is 7.04. The largest absolute Gasteiger partial charge is 0.454 e. The van der Waals surface area contributed by atoms with Crippen LogP contribution in [0.2, 0.25) is 0 Å². The Labute approximate surface area is 162 Å². The molecule has 0 saturated carbocycles. The number of hydrogen-bond acceptors (Lipinski definition) is 9. The molecule has 0 unspecified atom stereocenters. The predicted molar refractivity (Wildman–Crippen MR) is 104 cm³/mol. The molecule has 4 rings (SSSR count). The summed E-state index contributed by atoms with van der Waals surface area (Å²) >= 11 is 2.75. The van der Waals surface area contributed by atoms with Gasteiger partial charge < -0.3 is 10.1 Å². The summed E-state index contributed by atoms with van der Waals surface area (Å²) in [4.78, 5) is 29.1. The highest BCUT2D eigenvalue weighted by Gasteiger charge is 2.15. The van der Waals surface area contributed by atoms with Crippen LogP contribution in [0.15, 0.2) is 59.6 Å². The molecule has 27 heavy (non-hydrogen) atoms. The van der Waals surface area contributed by atoms with Gasteiger partial charge in [-0.3, -0.25) is 0 Å². The van der Waals surface area contributed by atoms with Crippen molar-refractivity contribution in [3.63, 3.8) is 0 Å². The van der Waals surface area contributed by atoms with E-state index in [9.17, 15) is 4.79 Å². The van der Waals surface area contributed by atoms with Gasteiger partial charge in [0.05, 0.1) is 5.69 Å². The van der Waals surface area contributed by atoms with E-state index < -0.39 is 5.97 Å². The van der Waals surface area contributed by atoms with Crippen molar-refractivity contribution in [2.75, 3.05) is 5.32 Å². The minimum absolute atomic E-state index is 0.0838. The van der Waals surface area contributed by atoms with E-state index in [1.165, 1.54) is 22.7 Å². The van der Waals surface area contributed by atoms with Crippen molar-refractivity contribution in [3.8, 4) is 10.8 Å². The summed E-state index contributed by atoms with van der Waals surface area (Å²) in [5, 5.41) is 8.01. The number of nitrogens with zero attached hydrogens (tertiary/aromatic N) is 4. The minimum Gasteiger partial charge on any atom is -0.454 e. The third-order valence-electron chi connectivity index (χ3n) is 3.40. The molecule has 0 spiro atoms. The van der Waals surface area contributed by atoms with Crippen molar-refractivity contribution in [1.29, 1.82) is 0 Å². The molecule has 9 heteroatoms. The van der Waals surface area contributed by atoms with Crippen LogP contribution in [0.25, 0.3) is 10.8 Å². The number of rotatable bonds is 6. The zero-order chi connectivity index (χ0) is 18.5. The molecule has 0 amide bonds. The normalized spacial score (nSPS) is 10.5. The summed E-state index contributed by atoms with van der Waals surface area (Å²) in [7, 11) is 0. The van der Waals surface area contributed by atoms with Gasteiger partial charge in [-0.25, -0.2) is 24.7 Å². The molecule has 0 aliphatic heterocycles. The maximum absolute atomic E-state index is 12.2. The van der Waals surface area contributed by atoms with Gasteiger partial charge in [0, 0.05) is 28.8 Å². The number of benzene rings is 1. The summed E-state index contributed by atoms with van der Waals surface area (Å²) < 4.78 is 5.31. The van der Waals surface area contributed by atoms with Gasteiger partial charge in [-0.2, -0.15) is 0 Å². The lowest BCUT2D eigenvalue weighted by Crippen LogP contribution is -2.06. The average Bonchev–Trinajstić information content (AvgIpc) is 3.37. The van der Waals surface area contributed by atoms with E-state index in [2.05, 4.69) is 25.3 Å². The van der Waals surface area contributed by atoms with Crippen molar-refractivity contribution in [1.82, 2.24) is 19.9 Å².